The maximum absolute atomic E-state index is 13.8. The number of aromatic nitrogens is 1. The second kappa shape index (κ2) is 9.85. The third kappa shape index (κ3) is 5.18. The molecule has 0 saturated carbocycles. The number of fused-ring (bicyclic) bond motifs is 1. The lowest BCUT2D eigenvalue weighted by Gasteiger charge is -2.29. The Kier molecular flexibility index (Phi) is 7.28. The average Bonchev–Trinajstić information content (AvgIpc) is 3.41. The molecule has 1 saturated heterocycles. The SMILES string of the molecule is CN(C)CCN(C(=O)C1CCCN1S(=O)(=O)c1ccc(Cl)cc1)c1nc2ccc(Cl)cc2s1. The van der Waals surface area contributed by atoms with E-state index >= 15 is 0 Å². The van der Waals surface area contributed by atoms with Gasteiger partial charge in [0.25, 0.3) is 0 Å². The van der Waals surface area contributed by atoms with Crippen molar-refractivity contribution >= 4 is 65.8 Å². The molecule has 1 aliphatic rings. The standard InChI is InChI=1S/C22H24Cl2N4O3S2/c1-26(2)12-13-27(22-25-18-10-7-16(24)14-20(18)32-22)21(29)19-4-3-11-28(19)33(30,31)17-8-5-15(23)6-9-17/h5-10,14,19H,3-4,11-13H2,1-2H3. The molecule has 1 aromatic heterocycles. The largest absolute Gasteiger partial charge is 0.308 e. The van der Waals surface area contributed by atoms with Gasteiger partial charge in [0.2, 0.25) is 15.9 Å². The normalized spacial score (nSPS) is 17.2. The van der Waals surface area contributed by atoms with Crippen LogP contribution >= 0.6 is 34.5 Å². The van der Waals surface area contributed by atoms with Gasteiger partial charge in [0.15, 0.2) is 5.13 Å². The van der Waals surface area contributed by atoms with E-state index in [9.17, 15) is 13.2 Å². The molecule has 0 aliphatic carbocycles. The number of hydrogen-bond acceptors (Lipinski definition) is 6. The molecule has 3 aromatic rings. The summed E-state index contributed by atoms with van der Waals surface area (Å²) in [6.07, 6.45) is 1.07. The van der Waals surface area contributed by atoms with Crippen LogP contribution in [0.2, 0.25) is 10.0 Å². The van der Waals surface area contributed by atoms with Crippen LogP contribution in [0, 0.1) is 0 Å². The lowest BCUT2D eigenvalue weighted by molar-refractivity contribution is -0.121. The number of benzene rings is 2. The molecule has 1 fully saturated rings. The molecule has 1 atom stereocenters. The second-order valence-corrected chi connectivity index (χ2v) is 11.9. The van der Waals surface area contributed by atoms with Crippen molar-refractivity contribution in [2.24, 2.45) is 0 Å². The summed E-state index contributed by atoms with van der Waals surface area (Å²) in [4.78, 5) is 22.1. The highest BCUT2D eigenvalue weighted by Crippen LogP contribution is 2.33. The maximum atomic E-state index is 13.8. The quantitative estimate of drug-likeness (QED) is 0.457. The Hall–Kier alpha value is -1.75. The Morgan fingerprint density at radius 1 is 1.12 bits per heavy atom. The molecule has 1 amide bonds. The van der Waals surface area contributed by atoms with E-state index in [1.165, 1.54) is 39.9 Å². The monoisotopic (exact) mass is 526 g/mol. The molecule has 0 spiro atoms. The van der Waals surface area contributed by atoms with Gasteiger partial charge in [0.05, 0.1) is 15.1 Å². The molecule has 1 aliphatic heterocycles. The smallest absolute Gasteiger partial charge is 0.247 e. The van der Waals surface area contributed by atoms with Crippen LogP contribution in [0.4, 0.5) is 5.13 Å². The number of sulfonamides is 1. The molecule has 2 heterocycles. The van der Waals surface area contributed by atoms with Crippen molar-refractivity contribution in [2.45, 2.75) is 23.8 Å². The fraction of sp³-hybridized carbons (Fsp3) is 0.364. The van der Waals surface area contributed by atoms with E-state index in [0.29, 0.717) is 47.7 Å². The lowest BCUT2D eigenvalue weighted by atomic mass is 10.2. The molecule has 0 radical (unpaired) electrons. The van der Waals surface area contributed by atoms with Crippen molar-refractivity contribution in [3.63, 3.8) is 0 Å². The van der Waals surface area contributed by atoms with Crippen LogP contribution < -0.4 is 4.90 Å². The Balaban J connectivity index is 1.67. The maximum Gasteiger partial charge on any atom is 0.247 e. The molecule has 4 rings (SSSR count). The Morgan fingerprint density at radius 3 is 2.52 bits per heavy atom. The van der Waals surface area contributed by atoms with Crippen LogP contribution in [-0.2, 0) is 14.8 Å². The van der Waals surface area contributed by atoms with Gasteiger partial charge < -0.3 is 4.90 Å². The van der Waals surface area contributed by atoms with E-state index in [1.54, 1.807) is 11.0 Å². The van der Waals surface area contributed by atoms with Crippen molar-refractivity contribution in [1.29, 1.82) is 0 Å². The first-order valence-electron chi connectivity index (χ1n) is 10.5. The van der Waals surface area contributed by atoms with Gasteiger partial charge in [0.1, 0.15) is 6.04 Å². The molecular formula is C22H24Cl2N4O3S2. The van der Waals surface area contributed by atoms with E-state index < -0.39 is 16.1 Å². The fourth-order valence-electron chi connectivity index (χ4n) is 3.80. The van der Waals surface area contributed by atoms with Crippen LogP contribution in [0.1, 0.15) is 12.8 Å². The molecule has 1 unspecified atom stereocenters. The van der Waals surface area contributed by atoms with Crippen molar-refractivity contribution in [3.05, 3.63) is 52.5 Å². The Labute approximate surface area is 207 Å². The zero-order valence-electron chi connectivity index (χ0n) is 18.2. The summed E-state index contributed by atoms with van der Waals surface area (Å²) in [6, 6.07) is 10.6. The summed E-state index contributed by atoms with van der Waals surface area (Å²) in [5, 5.41) is 1.59. The van der Waals surface area contributed by atoms with Gasteiger partial charge in [-0.3, -0.25) is 9.69 Å². The lowest BCUT2D eigenvalue weighted by Crippen LogP contribution is -2.49. The summed E-state index contributed by atoms with van der Waals surface area (Å²) in [5.74, 6) is -0.267. The molecule has 33 heavy (non-hydrogen) atoms. The first-order valence-corrected chi connectivity index (χ1v) is 13.5. The highest BCUT2D eigenvalue weighted by Gasteiger charge is 2.42. The Morgan fingerprint density at radius 2 is 1.82 bits per heavy atom. The molecule has 7 nitrogen and oxygen atoms in total. The number of nitrogens with zero attached hydrogens (tertiary/aromatic N) is 4. The average molecular weight is 527 g/mol. The second-order valence-electron chi connectivity index (χ2n) is 8.13. The van der Waals surface area contributed by atoms with Crippen LogP contribution in [0.3, 0.4) is 0 Å². The number of thiazole rings is 1. The minimum atomic E-state index is -3.84. The van der Waals surface area contributed by atoms with Crippen LogP contribution in [0.15, 0.2) is 47.4 Å². The fourth-order valence-corrected chi connectivity index (χ4v) is 6.85. The highest BCUT2D eigenvalue weighted by molar-refractivity contribution is 7.89. The third-order valence-electron chi connectivity index (χ3n) is 5.52. The first kappa shape index (κ1) is 24.4. The van der Waals surface area contributed by atoms with Crippen LogP contribution in [0.25, 0.3) is 10.2 Å². The van der Waals surface area contributed by atoms with Gasteiger partial charge in [-0.1, -0.05) is 34.5 Å². The zero-order valence-corrected chi connectivity index (χ0v) is 21.4. The predicted octanol–water partition coefficient (Wildman–Crippen LogP) is 4.35. The van der Waals surface area contributed by atoms with Crippen molar-refractivity contribution in [3.8, 4) is 0 Å². The minimum Gasteiger partial charge on any atom is -0.308 e. The summed E-state index contributed by atoms with van der Waals surface area (Å²) < 4.78 is 28.9. The van der Waals surface area contributed by atoms with Crippen molar-refractivity contribution in [1.82, 2.24) is 14.2 Å². The van der Waals surface area contributed by atoms with Crippen LogP contribution in [-0.4, -0.2) is 68.3 Å². The molecule has 0 N–H and O–H groups in total. The van der Waals surface area contributed by atoms with E-state index in [-0.39, 0.29) is 10.8 Å². The molecule has 2 aromatic carbocycles. The van der Waals surface area contributed by atoms with E-state index in [1.807, 2.05) is 31.1 Å². The number of hydrogen-bond donors (Lipinski definition) is 0. The first-order chi connectivity index (χ1) is 15.7. The van der Waals surface area contributed by atoms with Gasteiger partial charge in [-0.2, -0.15) is 4.31 Å². The summed E-state index contributed by atoms with van der Waals surface area (Å²) in [6.45, 7) is 1.29. The van der Waals surface area contributed by atoms with Crippen molar-refractivity contribution in [2.75, 3.05) is 38.6 Å². The van der Waals surface area contributed by atoms with Gasteiger partial charge >= 0.3 is 0 Å². The van der Waals surface area contributed by atoms with Gasteiger partial charge in [-0.25, -0.2) is 13.4 Å². The highest BCUT2D eigenvalue weighted by atomic mass is 35.5. The number of likely N-dealkylation sites (N-methyl/N-ethyl adjacent to an activating group) is 1. The number of anilines is 1. The molecular weight excluding hydrogens is 503 g/mol. The number of carbonyl (C=O) groups excluding carboxylic acids is 1. The van der Waals surface area contributed by atoms with Crippen molar-refractivity contribution < 1.29 is 13.2 Å². The van der Waals surface area contributed by atoms with E-state index in [4.69, 9.17) is 23.2 Å². The van der Waals surface area contributed by atoms with Gasteiger partial charge in [0, 0.05) is 29.7 Å². The molecule has 176 valence electrons. The van der Waals surface area contributed by atoms with Crippen LogP contribution in [0.5, 0.6) is 0 Å². The zero-order chi connectivity index (χ0) is 23.8. The molecule has 0 bridgehead atoms. The molecule has 11 heteroatoms. The summed E-state index contributed by atoms with van der Waals surface area (Å²) >= 11 is 13.4. The van der Waals surface area contributed by atoms with Gasteiger partial charge in [-0.15, -0.1) is 0 Å². The van der Waals surface area contributed by atoms with E-state index in [2.05, 4.69) is 4.98 Å². The summed E-state index contributed by atoms with van der Waals surface area (Å²) in [5.41, 5.74) is 0.749. The number of rotatable bonds is 7. The number of carbonyl (C=O) groups is 1. The number of amides is 1. The Bertz CT molecular complexity index is 1260. The van der Waals surface area contributed by atoms with E-state index in [0.717, 1.165) is 10.2 Å². The topological polar surface area (TPSA) is 73.8 Å². The third-order valence-corrected chi connectivity index (χ3v) is 8.97. The minimum absolute atomic E-state index is 0.126. The summed E-state index contributed by atoms with van der Waals surface area (Å²) in [7, 11) is 0.00395. The number of halogens is 2. The predicted molar refractivity (Wildman–Crippen MR) is 134 cm³/mol. The van der Waals surface area contributed by atoms with Gasteiger partial charge in [-0.05, 0) is 69.4 Å².